The first-order valence-electron chi connectivity index (χ1n) is 13.6. The highest BCUT2D eigenvalue weighted by Crippen LogP contribution is 2.31. The molecule has 2 aromatic rings. The van der Waals surface area contributed by atoms with E-state index < -0.39 is 35.5 Å². The number of carbonyl (C=O) groups is 4. The van der Waals surface area contributed by atoms with Gasteiger partial charge in [0, 0.05) is 13.0 Å². The number of nitrogens with zero attached hydrogens (tertiary/aromatic N) is 1. The fourth-order valence-corrected chi connectivity index (χ4v) is 3.93. The average Bonchev–Trinajstić information content (AvgIpc) is 2.93. The van der Waals surface area contributed by atoms with Gasteiger partial charge in [-0.1, -0.05) is 42.5 Å². The van der Waals surface area contributed by atoms with E-state index in [2.05, 4.69) is 5.32 Å². The Morgan fingerprint density at radius 1 is 0.902 bits per heavy atom. The maximum absolute atomic E-state index is 12.9. The molecule has 0 radical (unpaired) electrons. The fourth-order valence-electron chi connectivity index (χ4n) is 3.93. The van der Waals surface area contributed by atoms with E-state index in [1.807, 2.05) is 30.3 Å². The van der Waals surface area contributed by atoms with Crippen molar-refractivity contribution in [1.29, 1.82) is 0 Å². The molecular formula is C30H38N2O9. The lowest BCUT2D eigenvalue weighted by atomic mass is 9.89. The van der Waals surface area contributed by atoms with E-state index in [0.717, 1.165) is 5.56 Å². The molecule has 41 heavy (non-hydrogen) atoms. The zero-order valence-electron chi connectivity index (χ0n) is 23.8. The van der Waals surface area contributed by atoms with Crippen LogP contribution in [0.15, 0.2) is 54.6 Å². The second kappa shape index (κ2) is 15.7. The third-order valence-electron chi connectivity index (χ3n) is 5.87. The van der Waals surface area contributed by atoms with Crippen molar-refractivity contribution in [3.05, 3.63) is 65.7 Å². The number of nitrogens with one attached hydrogen (secondary N) is 1. The largest absolute Gasteiger partial charge is 0.491 e. The maximum Gasteiger partial charge on any atom is 0.424 e. The molecule has 1 fully saturated rings. The first-order valence-corrected chi connectivity index (χ1v) is 13.6. The Morgan fingerprint density at radius 3 is 2.24 bits per heavy atom. The van der Waals surface area contributed by atoms with Crippen molar-refractivity contribution in [3.8, 4) is 5.75 Å². The Kier molecular flexibility index (Phi) is 12.1. The summed E-state index contributed by atoms with van der Waals surface area (Å²) in [5, 5.41) is 2.62. The number of imide groups is 3. The summed E-state index contributed by atoms with van der Waals surface area (Å²) in [5.41, 5.74) is 0.786. The number of hydrogen-bond donors (Lipinski definition) is 1. The van der Waals surface area contributed by atoms with Gasteiger partial charge in [-0.05, 0) is 50.5 Å². The van der Waals surface area contributed by atoms with Gasteiger partial charge in [-0.2, -0.15) is 4.90 Å². The first-order chi connectivity index (χ1) is 19.6. The number of likely N-dealkylation sites (tertiary alicyclic amines) is 1. The van der Waals surface area contributed by atoms with Gasteiger partial charge in [-0.25, -0.2) is 9.59 Å². The lowest BCUT2D eigenvalue weighted by Gasteiger charge is -2.31. The zero-order valence-corrected chi connectivity index (χ0v) is 23.8. The predicted molar refractivity (Wildman–Crippen MR) is 148 cm³/mol. The van der Waals surface area contributed by atoms with Gasteiger partial charge < -0.3 is 29.0 Å². The van der Waals surface area contributed by atoms with Gasteiger partial charge in [-0.3, -0.25) is 9.59 Å². The first kappa shape index (κ1) is 31.6. The molecular weight excluding hydrogens is 532 g/mol. The van der Waals surface area contributed by atoms with Crippen molar-refractivity contribution in [2.45, 2.75) is 51.7 Å². The van der Waals surface area contributed by atoms with Gasteiger partial charge >= 0.3 is 12.2 Å². The van der Waals surface area contributed by atoms with Gasteiger partial charge in [-0.15, -0.1) is 0 Å². The number of hydrogen-bond acceptors (Lipinski definition) is 9. The molecule has 1 heterocycles. The van der Waals surface area contributed by atoms with Crippen LogP contribution in [0.1, 0.15) is 50.7 Å². The van der Waals surface area contributed by atoms with Crippen LogP contribution in [0, 0.1) is 0 Å². The molecule has 0 spiro atoms. The normalized spacial score (nSPS) is 15.4. The number of carbonyl (C=O) groups excluding carboxylic acids is 4. The van der Waals surface area contributed by atoms with E-state index in [1.54, 1.807) is 45.0 Å². The summed E-state index contributed by atoms with van der Waals surface area (Å²) in [6, 6.07) is 16.4. The number of amides is 4. The highest BCUT2D eigenvalue weighted by Gasteiger charge is 2.41. The van der Waals surface area contributed by atoms with Gasteiger partial charge in [0.15, 0.2) is 0 Å². The third-order valence-corrected chi connectivity index (χ3v) is 5.87. The molecule has 3 rings (SSSR count). The summed E-state index contributed by atoms with van der Waals surface area (Å²) in [6.07, 6.45) is -1.05. The van der Waals surface area contributed by atoms with Crippen molar-refractivity contribution in [3.63, 3.8) is 0 Å². The van der Waals surface area contributed by atoms with Crippen LogP contribution in [0.2, 0.25) is 0 Å². The monoisotopic (exact) mass is 570 g/mol. The number of benzene rings is 2. The van der Waals surface area contributed by atoms with E-state index in [0.29, 0.717) is 62.2 Å². The van der Waals surface area contributed by atoms with Gasteiger partial charge in [0.2, 0.25) is 11.8 Å². The molecule has 2 aromatic carbocycles. The number of ether oxygens (including phenoxy) is 5. The van der Waals surface area contributed by atoms with Crippen molar-refractivity contribution in [2.24, 2.45) is 0 Å². The second-order valence-corrected chi connectivity index (χ2v) is 10.3. The average molecular weight is 571 g/mol. The van der Waals surface area contributed by atoms with Crippen molar-refractivity contribution >= 4 is 24.0 Å². The molecule has 0 aliphatic carbocycles. The summed E-state index contributed by atoms with van der Waals surface area (Å²) in [6.45, 7) is 7.31. The Morgan fingerprint density at radius 2 is 1.56 bits per heavy atom. The quantitative estimate of drug-likeness (QED) is 0.278. The Balaban J connectivity index is 1.26. The topological polar surface area (TPSA) is 130 Å². The molecule has 11 heteroatoms. The van der Waals surface area contributed by atoms with Crippen molar-refractivity contribution in [2.75, 3.05) is 39.6 Å². The number of piperidine rings is 1. The SMILES string of the molecule is CC(C)(C)OC(=O)N1C(=O)CCC(c2ccc(OCCOCCOCCNC(=O)OCc3ccccc3)cc2)C1=O. The Hall–Kier alpha value is -3.96. The van der Waals surface area contributed by atoms with Crippen molar-refractivity contribution in [1.82, 2.24) is 10.2 Å². The Labute approximate surface area is 240 Å². The Bertz CT molecular complexity index is 1150. The summed E-state index contributed by atoms with van der Waals surface area (Å²) >= 11 is 0. The molecule has 4 amide bonds. The van der Waals surface area contributed by atoms with Gasteiger partial charge in [0.05, 0.1) is 32.3 Å². The molecule has 1 aliphatic rings. The van der Waals surface area contributed by atoms with Crippen LogP contribution < -0.4 is 10.1 Å². The maximum atomic E-state index is 12.9. The second-order valence-electron chi connectivity index (χ2n) is 10.3. The highest BCUT2D eigenvalue weighted by atomic mass is 16.6. The van der Waals surface area contributed by atoms with Gasteiger partial charge in [0.1, 0.15) is 24.6 Å². The van der Waals surface area contributed by atoms with E-state index in [1.165, 1.54) is 0 Å². The fraction of sp³-hybridized carbons (Fsp3) is 0.467. The minimum Gasteiger partial charge on any atom is -0.491 e. The van der Waals surface area contributed by atoms with Crippen LogP contribution in [0.4, 0.5) is 9.59 Å². The van der Waals surface area contributed by atoms with Crippen LogP contribution in [-0.4, -0.2) is 74.1 Å². The van der Waals surface area contributed by atoms with Crippen molar-refractivity contribution < 1.29 is 42.9 Å². The number of alkyl carbamates (subject to hydrolysis) is 1. The van der Waals surface area contributed by atoms with E-state index >= 15 is 0 Å². The molecule has 1 saturated heterocycles. The van der Waals surface area contributed by atoms with E-state index in [-0.39, 0.29) is 13.0 Å². The summed E-state index contributed by atoms with van der Waals surface area (Å²) < 4.78 is 27.0. The van der Waals surface area contributed by atoms with Crippen LogP contribution in [0.25, 0.3) is 0 Å². The molecule has 1 N–H and O–H groups in total. The summed E-state index contributed by atoms with van der Waals surface area (Å²) in [5.74, 6) is -1.16. The molecule has 1 unspecified atom stereocenters. The molecule has 0 bridgehead atoms. The summed E-state index contributed by atoms with van der Waals surface area (Å²) in [4.78, 5) is 49.9. The minimum atomic E-state index is -0.946. The van der Waals surface area contributed by atoms with E-state index in [9.17, 15) is 19.2 Å². The smallest absolute Gasteiger partial charge is 0.424 e. The molecule has 1 atom stereocenters. The lowest BCUT2D eigenvalue weighted by molar-refractivity contribution is -0.147. The lowest BCUT2D eigenvalue weighted by Crippen LogP contribution is -2.49. The van der Waals surface area contributed by atoms with E-state index in [4.69, 9.17) is 23.7 Å². The molecule has 1 aliphatic heterocycles. The van der Waals surface area contributed by atoms with Crippen LogP contribution in [0.5, 0.6) is 5.75 Å². The van der Waals surface area contributed by atoms with Gasteiger partial charge in [0.25, 0.3) is 0 Å². The van der Waals surface area contributed by atoms with Crippen LogP contribution >= 0.6 is 0 Å². The molecule has 222 valence electrons. The molecule has 0 aromatic heterocycles. The standard InChI is InChI=1S/C30H38N2O9/c1-30(2,3)41-29(36)32-26(33)14-13-25(27(32)34)23-9-11-24(12-10-23)39-20-19-38-18-17-37-16-15-31-28(35)40-21-22-7-5-4-6-8-22/h4-12,25H,13-21H2,1-3H3,(H,31,35). The minimum absolute atomic E-state index is 0.0762. The third kappa shape index (κ3) is 10.8. The van der Waals surface area contributed by atoms with Crippen LogP contribution in [0.3, 0.4) is 0 Å². The highest BCUT2D eigenvalue weighted by molar-refractivity contribution is 6.12. The zero-order chi connectivity index (χ0) is 29.7. The van der Waals surface area contributed by atoms with Crippen LogP contribution in [-0.2, 0) is 35.1 Å². The number of rotatable bonds is 13. The predicted octanol–water partition coefficient (Wildman–Crippen LogP) is 4.19. The summed E-state index contributed by atoms with van der Waals surface area (Å²) in [7, 11) is 0. The molecule has 11 nitrogen and oxygen atoms in total. The molecule has 0 saturated carbocycles.